The molecule has 3 rings (SSSR count). The topological polar surface area (TPSA) is 98.7 Å². The fourth-order valence-electron chi connectivity index (χ4n) is 6.22. The van der Waals surface area contributed by atoms with Gasteiger partial charge in [-0.25, -0.2) is 0 Å². The van der Waals surface area contributed by atoms with Crippen molar-refractivity contribution in [1.82, 2.24) is 15.5 Å². The minimum Gasteiger partial charge on any atom is -0.395 e. The van der Waals surface area contributed by atoms with E-state index in [0.717, 1.165) is 12.8 Å². The van der Waals surface area contributed by atoms with E-state index in [1.165, 1.54) is 4.90 Å². The van der Waals surface area contributed by atoms with Gasteiger partial charge in [-0.3, -0.25) is 14.4 Å². The number of alkyl halides is 1. The van der Waals surface area contributed by atoms with Crippen molar-refractivity contribution in [3.63, 3.8) is 0 Å². The molecule has 182 valence electrons. The molecular formula is C23H38BrN3O4S. The molecule has 3 amide bonds. The zero-order valence-corrected chi connectivity index (χ0v) is 22.4. The van der Waals surface area contributed by atoms with Crippen molar-refractivity contribution >= 4 is 45.4 Å². The van der Waals surface area contributed by atoms with Crippen molar-refractivity contribution in [3.8, 4) is 0 Å². The van der Waals surface area contributed by atoms with Gasteiger partial charge in [0.2, 0.25) is 17.7 Å². The van der Waals surface area contributed by atoms with Gasteiger partial charge in [-0.1, -0.05) is 43.6 Å². The molecular weight excluding hydrogens is 494 g/mol. The molecule has 2 bridgehead atoms. The third-order valence-corrected chi connectivity index (χ3v) is 9.88. The first-order valence-corrected chi connectivity index (χ1v) is 13.4. The summed E-state index contributed by atoms with van der Waals surface area (Å²) in [5, 5.41) is 15.8. The third-order valence-electron chi connectivity index (χ3n) is 6.66. The zero-order valence-electron chi connectivity index (χ0n) is 20.0. The van der Waals surface area contributed by atoms with Crippen molar-refractivity contribution in [2.75, 3.05) is 19.7 Å². The molecule has 32 heavy (non-hydrogen) atoms. The maximum atomic E-state index is 13.7. The van der Waals surface area contributed by atoms with E-state index >= 15 is 0 Å². The van der Waals surface area contributed by atoms with E-state index in [9.17, 15) is 19.5 Å². The van der Waals surface area contributed by atoms with Gasteiger partial charge in [-0.15, -0.1) is 11.8 Å². The first-order valence-electron chi connectivity index (χ1n) is 11.6. The normalized spacial score (nSPS) is 34.1. The second-order valence-corrected chi connectivity index (χ2v) is 14.0. The molecule has 3 unspecified atom stereocenters. The average Bonchev–Trinajstić information content (AvgIpc) is 3.21. The number of fused-ring (bicyclic) bond motifs is 1. The van der Waals surface area contributed by atoms with Gasteiger partial charge < -0.3 is 20.6 Å². The number of thioether (sulfide) groups is 1. The number of hydrogen-bond acceptors (Lipinski definition) is 5. The number of nitrogens with zero attached hydrogens (tertiary/aromatic N) is 1. The SMILES string of the molecule is CCCNC(=O)[C@H]1[C@H]2C(=O)N(CCO)C(C(=O)NC(C)(C)CC(C)(C)C)C23CC(Br)[C@@H]1S3. The van der Waals surface area contributed by atoms with Crippen LogP contribution in [0.3, 0.4) is 0 Å². The molecule has 7 nitrogen and oxygen atoms in total. The third kappa shape index (κ3) is 4.58. The monoisotopic (exact) mass is 531 g/mol. The lowest BCUT2D eigenvalue weighted by molar-refractivity contribution is -0.140. The quantitative estimate of drug-likeness (QED) is 0.417. The van der Waals surface area contributed by atoms with Gasteiger partial charge >= 0.3 is 0 Å². The number of aliphatic hydroxyl groups is 1. The van der Waals surface area contributed by atoms with E-state index in [2.05, 4.69) is 47.3 Å². The standard InChI is InChI=1S/C23H38BrN3O4S/c1-7-8-25-18(29)14-15-20(31)27(9-10-28)17(23(15)11-13(24)16(14)32-23)19(30)26-22(5,6)12-21(2,3)4/h13-17,28H,7-12H2,1-6H3,(H,25,29)(H,26,30)/t13?,14-,15-,16-,17?,23?/m0/s1. The molecule has 0 aromatic rings. The van der Waals surface area contributed by atoms with Gasteiger partial charge in [0.25, 0.3) is 0 Å². The van der Waals surface area contributed by atoms with Crippen LogP contribution in [0.1, 0.15) is 60.8 Å². The molecule has 0 aliphatic carbocycles. The summed E-state index contributed by atoms with van der Waals surface area (Å²) < 4.78 is -0.665. The predicted octanol–water partition coefficient (Wildman–Crippen LogP) is 2.30. The minimum atomic E-state index is -0.703. The van der Waals surface area contributed by atoms with Crippen LogP contribution in [-0.4, -0.2) is 73.8 Å². The van der Waals surface area contributed by atoms with Crippen LogP contribution in [0.2, 0.25) is 0 Å². The summed E-state index contributed by atoms with van der Waals surface area (Å²) in [4.78, 5) is 42.0. The number of aliphatic hydroxyl groups excluding tert-OH is 1. The van der Waals surface area contributed by atoms with Gasteiger partial charge in [-0.2, -0.15) is 0 Å². The van der Waals surface area contributed by atoms with Crippen molar-refractivity contribution in [2.24, 2.45) is 17.3 Å². The van der Waals surface area contributed by atoms with Crippen LogP contribution in [0.15, 0.2) is 0 Å². The number of amides is 3. The van der Waals surface area contributed by atoms with Crippen molar-refractivity contribution in [1.29, 1.82) is 0 Å². The highest BCUT2D eigenvalue weighted by atomic mass is 79.9. The number of carbonyl (C=O) groups excluding carboxylic acids is 3. The van der Waals surface area contributed by atoms with Crippen molar-refractivity contribution in [2.45, 2.75) is 87.2 Å². The summed E-state index contributed by atoms with van der Waals surface area (Å²) in [5.74, 6) is -1.49. The lowest BCUT2D eigenvalue weighted by Crippen LogP contribution is -2.59. The number of hydrogen-bond donors (Lipinski definition) is 3. The Kier molecular flexibility index (Phi) is 7.34. The fraction of sp³-hybridized carbons (Fsp3) is 0.870. The summed E-state index contributed by atoms with van der Waals surface area (Å²) in [6, 6.07) is -0.703. The smallest absolute Gasteiger partial charge is 0.244 e. The van der Waals surface area contributed by atoms with E-state index in [4.69, 9.17) is 0 Å². The Balaban J connectivity index is 1.95. The van der Waals surface area contributed by atoms with Crippen molar-refractivity contribution in [3.05, 3.63) is 0 Å². The first kappa shape index (κ1) is 25.8. The molecule has 0 aromatic carbocycles. The van der Waals surface area contributed by atoms with Crippen molar-refractivity contribution < 1.29 is 19.5 Å². The number of halogens is 1. The van der Waals surface area contributed by atoms with Gasteiger partial charge in [0.15, 0.2) is 0 Å². The largest absolute Gasteiger partial charge is 0.395 e. The van der Waals surface area contributed by atoms with Crippen LogP contribution in [-0.2, 0) is 14.4 Å². The van der Waals surface area contributed by atoms with Crippen LogP contribution in [0, 0.1) is 17.3 Å². The molecule has 3 aliphatic rings. The molecule has 0 radical (unpaired) electrons. The maximum absolute atomic E-state index is 13.7. The summed E-state index contributed by atoms with van der Waals surface area (Å²) in [7, 11) is 0. The summed E-state index contributed by atoms with van der Waals surface area (Å²) in [5.41, 5.74) is -0.428. The Morgan fingerprint density at radius 3 is 2.47 bits per heavy atom. The second kappa shape index (κ2) is 9.10. The number of likely N-dealkylation sites (tertiary alicyclic amines) is 1. The Bertz CT molecular complexity index is 771. The number of carbonyl (C=O) groups is 3. The Morgan fingerprint density at radius 2 is 1.91 bits per heavy atom. The van der Waals surface area contributed by atoms with E-state index in [-0.39, 0.29) is 46.4 Å². The molecule has 1 spiro atoms. The number of β-amino-alcohol motifs (C(OH)–C–C–N with tert-alkyl or cyclic N) is 1. The molecule has 3 fully saturated rings. The molecule has 3 N–H and O–H groups in total. The van der Waals surface area contributed by atoms with Crippen LogP contribution in [0.5, 0.6) is 0 Å². The van der Waals surface area contributed by atoms with E-state index in [1.807, 2.05) is 20.8 Å². The molecule has 3 aliphatic heterocycles. The van der Waals surface area contributed by atoms with E-state index < -0.39 is 28.2 Å². The van der Waals surface area contributed by atoms with Gasteiger partial charge in [0.1, 0.15) is 6.04 Å². The van der Waals surface area contributed by atoms with Gasteiger partial charge in [0, 0.05) is 28.7 Å². The van der Waals surface area contributed by atoms with Crippen LogP contribution in [0.4, 0.5) is 0 Å². The zero-order chi connectivity index (χ0) is 24.1. The average molecular weight is 533 g/mol. The first-order chi connectivity index (χ1) is 14.8. The van der Waals surface area contributed by atoms with Gasteiger partial charge in [-0.05, 0) is 38.5 Å². The molecule has 0 saturated carbocycles. The molecule has 3 heterocycles. The Labute approximate surface area is 204 Å². The van der Waals surface area contributed by atoms with E-state index in [1.54, 1.807) is 11.8 Å². The summed E-state index contributed by atoms with van der Waals surface area (Å²) >= 11 is 5.37. The lowest BCUT2D eigenvalue weighted by atomic mass is 9.70. The maximum Gasteiger partial charge on any atom is 0.244 e. The highest BCUT2D eigenvalue weighted by Gasteiger charge is 2.75. The molecule has 0 aromatic heterocycles. The molecule has 9 heteroatoms. The summed E-state index contributed by atoms with van der Waals surface area (Å²) in [6.45, 7) is 12.9. The predicted molar refractivity (Wildman–Crippen MR) is 131 cm³/mol. The van der Waals surface area contributed by atoms with E-state index in [0.29, 0.717) is 13.0 Å². The Morgan fingerprint density at radius 1 is 1.25 bits per heavy atom. The second-order valence-electron chi connectivity index (χ2n) is 11.3. The molecule has 6 atom stereocenters. The number of rotatable bonds is 8. The minimum absolute atomic E-state index is 0.0257. The number of nitrogens with one attached hydrogen (secondary N) is 2. The Hall–Kier alpha value is -0.800. The fourth-order valence-corrected chi connectivity index (χ4v) is 9.83. The van der Waals surface area contributed by atoms with Crippen LogP contribution >= 0.6 is 27.7 Å². The van der Waals surface area contributed by atoms with Crippen LogP contribution < -0.4 is 10.6 Å². The lowest BCUT2D eigenvalue weighted by Gasteiger charge is -2.39. The van der Waals surface area contributed by atoms with Crippen LogP contribution in [0.25, 0.3) is 0 Å². The summed E-state index contributed by atoms with van der Waals surface area (Å²) in [6.07, 6.45) is 2.25. The molecule has 3 saturated heterocycles. The van der Waals surface area contributed by atoms with Gasteiger partial charge in [0.05, 0.1) is 23.2 Å². The highest BCUT2D eigenvalue weighted by Crippen LogP contribution is 2.67. The highest BCUT2D eigenvalue weighted by molar-refractivity contribution is 9.09.